The molecule has 1 amide bonds. The van der Waals surface area contributed by atoms with Gasteiger partial charge in [0, 0.05) is 25.4 Å². The first-order valence-corrected chi connectivity index (χ1v) is 8.45. The van der Waals surface area contributed by atoms with Gasteiger partial charge >= 0.3 is 6.02 Å². The first kappa shape index (κ1) is 21.5. The van der Waals surface area contributed by atoms with E-state index in [0.29, 0.717) is 10.7 Å². The Balaban J connectivity index is 1.98. The Kier molecular flexibility index (Phi) is 8.08. The van der Waals surface area contributed by atoms with Crippen LogP contribution in [0.25, 0.3) is 0 Å². The summed E-state index contributed by atoms with van der Waals surface area (Å²) >= 11 is 5.75. The van der Waals surface area contributed by atoms with E-state index in [4.69, 9.17) is 32.6 Å². The third-order valence-electron chi connectivity index (χ3n) is 3.37. The van der Waals surface area contributed by atoms with E-state index in [1.54, 1.807) is 6.07 Å². The Morgan fingerprint density at radius 1 is 1.39 bits per heavy atom. The number of rotatable bonds is 8. The number of hydrogen-bond acceptors (Lipinski definition) is 7. The van der Waals surface area contributed by atoms with Crippen LogP contribution in [0.15, 0.2) is 41.5 Å². The monoisotopic (exact) mass is 410 g/mol. The van der Waals surface area contributed by atoms with E-state index in [1.165, 1.54) is 37.6 Å². The molecule has 2 rings (SSSR count). The van der Waals surface area contributed by atoms with Gasteiger partial charge in [0.15, 0.2) is 0 Å². The van der Waals surface area contributed by atoms with Gasteiger partial charge in [-0.15, -0.1) is 5.48 Å². The zero-order valence-electron chi connectivity index (χ0n) is 15.0. The molecule has 0 radical (unpaired) electrons. The van der Waals surface area contributed by atoms with Gasteiger partial charge in [-0.25, -0.2) is 14.4 Å². The third kappa shape index (κ3) is 6.74. The number of amides is 1. The maximum absolute atomic E-state index is 14.1. The van der Waals surface area contributed by atoms with Crippen LogP contribution in [0, 0.1) is 5.82 Å². The molecule has 0 spiro atoms. The van der Waals surface area contributed by atoms with Gasteiger partial charge in [-0.3, -0.25) is 4.79 Å². The fourth-order valence-electron chi connectivity index (χ4n) is 2.09. The zero-order chi connectivity index (χ0) is 20.5. The minimum atomic E-state index is -0.783. The van der Waals surface area contributed by atoms with Crippen molar-refractivity contribution in [1.82, 2.24) is 10.5 Å². The van der Waals surface area contributed by atoms with Crippen LogP contribution in [0.3, 0.4) is 0 Å². The van der Waals surface area contributed by atoms with Gasteiger partial charge in [0.25, 0.3) is 5.91 Å². The highest BCUT2D eigenvalue weighted by atomic mass is 35.5. The number of nitrogens with one attached hydrogen (secondary N) is 2. The number of amidine groups is 1. The standard InChI is InChI=1S/C17H20ClFN6O3/c1-27-9-23-17(21)28-25-15(20)7-10-6-12(3-4-13(10)19)24-16(26)14-5-2-11(18)8-22-14/h2-6,8,15,25H,7,9,20H2,1H3,(H2,21,23)(H,24,26)/t15-/m0/s1. The summed E-state index contributed by atoms with van der Waals surface area (Å²) in [6, 6.07) is 6.97. The van der Waals surface area contributed by atoms with Crippen LogP contribution in [-0.4, -0.2) is 36.9 Å². The second-order valence-electron chi connectivity index (χ2n) is 5.57. The van der Waals surface area contributed by atoms with Crippen molar-refractivity contribution < 1.29 is 18.8 Å². The molecule has 1 heterocycles. The van der Waals surface area contributed by atoms with Crippen molar-refractivity contribution >= 4 is 29.2 Å². The number of nitrogens with zero attached hydrogens (tertiary/aromatic N) is 2. The van der Waals surface area contributed by atoms with E-state index < -0.39 is 17.9 Å². The Hall–Kier alpha value is -2.79. The predicted octanol–water partition coefficient (Wildman–Crippen LogP) is 1.39. The molecule has 0 unspecified atom stereocenters. The molecular weight excluding hydrogens is 391 g/mol. The SMILES string of the molecule is COC/N=C(/N)ON[C@H](N)Cc1cc(NC(=O)c2ccc(Cl)cn2)ccc1F. The van der Waals surface area contributed by atoms with Crippen molar-refractivity contribution in [1.29, 1.82) is 0 Å². The molecule has 0 aliphatic rings. The highest BCUT2D eigenvalue weighted by Crippen LogP contribution is 2.17. The van der Waals surface area contributed by atoms with Gasteiger partial charge in [-0.2, -0.15) is 0 Å². The van der Waals surface area contributed by atoms with Gasteiger partial charge in [0.2, 0.25) is 0 Å². The number of nitrogens with two attached hydrogens (primary N) is 2. The Morgan fingerprint density at radius 2 is 2.18 bits per heavy atom. The van der Waals surface area contributed by atoms with Crippen LogP contribution >= 0.6 is 11.6 Å². The molecule has 0 saturated carbocycles. The minimum absolute atomic E-state index is 0.0294. The number of methoxy groups -OCH3 is 1. The van der Waals surface area contributed by atoms with Gasteiger partial charge < -0.3 is 26.4 Å². The van der Waals surface area contributed by atoms with Gasteiger partial charge in [0.05, 0.1) is 11.2 Å². The van der Waals surface area contributed by atoms with E-state index in [2.05, 4.69) is 20.8 Å². The van der Waals surface area contributed by atoms with Crippen molar-refractivity contribution in [3.63, 3.8) is 0 Å². The van der Waals surface area contributed by atoms with Gasteiger partial charge in [0.1, 0.15) is 18.2 Å². The van der Waals surface area contributed by atoms with E-state index in [0.717, 1.165) is 0 Å². The predicted molar refractivity (Wildman–Crippen MR) is 103 cm³/mol. The lowest BCUT2D eigenvalue weighted by atomic mass is 10.1. The smallest absolute Gasteiger partial charge is 0.304 e. The topological polar surface area (TPSA) is 137 Å². The highest BCUT2D eigenvalue weighted by Gasteiger charge is 2.13. The Labute approximate surface area is 165 Å². The molecule has 9 nitrogen and oxygen atoms in total. The van der Waals surface area contributed by atoms with E-state index in [9.17, 15) is 9.18 Å². The minimum Gasteiger partial charge on any atom is -0.369 e. The summed E-state index contributed by atoms with van der Waals surface area (Å²) in [6.45, 7) is 0.0294. The van der Waals surface area contributed by atoms with Crippen molar-refractivity contribution in [2.45, 2.75) is 12.6 Å². The average Bonchev–Trinajstić information content (AvgIpc) is 2.67. The van der Waals surface area contributed by atoms with Crippen LogP contribution in [-0.2, 0) is 16.0 Å². The normalized spacial score (nSPS) is 12.5. The quantitative estimate of drug-likeness (QED) is 0.223. The summed E-state index contributed by atoms with van der Waals surface area (Å²) in [7, 11) is 1.45. The first-order chi connectivity index (χ1) is 13.4. The zero-order valence-corrected chi connectivity index (χ0v) is 15.7. The van der Waals surface area contributed by atoms with Crippen LogP contribution in [0.5, 0.6) is 0 Å². The Morgan fingerprint density at radius 3 is 2.86 bits per heavy atom. The van der Waals surface area contributed by atoms with Crippen molar-refractivity contribution in [2.24, 2.45) is 16.5 Å². The summed E-state index contributed by atoms with van der Waals surface area (Å²) in [4.78, 5) is 24.8. The van der Waals surface area contributed by atoms with Crippen LogP contribution < -0.4 is 22.3 Å². The third-order valence-corrected chi connectivity index (χ3v) is 3.59. The van der Waals surface area contributed by atoms with E-state index in [1.807, 2.05) is 0 Å². The second kappa shape index (κ2) is 10.5. The van der Waals surface area contributed by atoms with Crippen molar-refractivity contribution in [3.05, 3.63) is 58.6 Å². The molecule has 0 aliphatic heterocycles. The second-order valence-corrected chi connectivity index (χ2v) is 6.00. The molecule has 1 aromatic carbocycles. The van der Waals surface area contributed by atoms with Gasteiger partial charge in [-0.1, -0.05) is 11.6 Å². The fourth-order valence-corrected chi connectivity index (χ4v) is 2.20. The molecule has 0 fully saturated rings. The van der Waals surface area contributed by atoms with Crippen molar-refractivity contribution in [3.8, 4) is 0 Å². The first-order valence-electron chi connectivity index (χ1n) is 8.07. The summed E-state index contributed by atoms with van der Waals surface area (Å²) in [5, 5.41) is 3.05. The number of benzene rings is 1. The molecule has 6 N–H and O–H groups in total. The summed E-state index contributed by atoms with van der Waals surface area (Å²) in [5.74, 6) is -0.942. The molecule has 1 aromatic heterocycles. The molecule has 28 heavy (non-hydrogen) atoms. The van der Waals surface area contributed by atoms with E-state index in [-0.39, 0.29) is 30.4 Å². The molecule has 150 valence electrons. The maximum Gasteiger partial charge on any atom is 0.304 e. The number of aromatic nitrogens is 1. The maximum atomic E-state index is 14.1. The largest absolute Gasteiger partial charge is 0.369 e. The fraction of sp³-hybridized carbons (Fsp3) is 0.235. The number of halogens is 2. The molecule has 1 atom stereocenters. The molecule has 0 bridgehead atoms. The van der Waals surface area contributed by atoms with Crippen LogP contribution in [0.2, 0.25) is 5.02 Å². The molecule has 2 aromatic rings. The number of pyridine rings is 1. The van der Waals surface area contributed by atoms with Crippen LogP contribution in [0.4, 0.5) is 10.1 Å². The number of hydroxylamine groups is 1. The number of carbonyl (C=O) groups is 1. The van der Waals surface area contributed by atoms with Gasteiger partial charge in [-0.05, 0) is 35.9 Å². The number of carbonyl (C=O) groups excluding carboxylic acids is 1. The molecule has 0 saturated heterocycles. The Bertz CT molecular complexity index is 834. The van der Waals surface area contributed by atoms with E-state index >= 15 is 0 Å². The highest BCUT2D eigenvalue weighted by molar-refractivity contribution is 6.30. The lowest BCUT2D eigenvalue weighted by Gasteiger charge is -2.15. The summed E-state index contributed by atoms with van der Waals surface area (Å²) in [6.07, 6.45) is 0.639. The molecular formula is C17H20ClFN6O3. The number of hydrogen-bond donors (Lipinski definition) is 4. The van der Waals surface area contributed by atoms with Crippen molar-refractivity contribution in [2.75, 3.05) is 19.2 Å². The lowest BCUT2D eigenvalue weighted by Crippen LogP contribution is -2.42. The summed E-state index contributed by atoms with van der Waals surface area (Å²) in [5.41, 5.74) is 14.6. The average molecular weight is 411 g/mol. The number of anilines is 1. The van der Waals surface area contributed by atoms with Crippen LogP contribution in [0.1, 0.15) is 16.1 Å². The molecule has 11 heteroatoms. The molecule has 0 aliphatic carbocycles. The number of ether oxygens (including phenoxy) is 1. The summed E-state index contributed by atoms with van der Waals surface area (Å²) < 4.78 is 18.8. The lowest BCUT2D eigenvalue weighted by molar-refractivity contribution is 0.102. The number of aliphatic imine (C=N–C) groups is 1.